The Kier molecular flexibility index (Phi) is 5.13. The molecule has 0 aliphatic carbocycles. The van der Waals surface area contributed by atoms with Crippen molar-refractivity contribution in [3.63, 3.8) is 0 Å². The fourth-order valence-electron chi connectivity index (χ4n) is 6.62. The summed E-state index contributed by atoms with van der Waals surface area (Å²) in [4.78, 5) is 2.39. The average Bonchev–Trinajstić information content (AvgIpc) is 3.44. The third-order valence-electron chi connectivity index (χ3n) is 8.58. The first-order chi connectivity index (χ1) is 20.8. The number of benzene rings is 8. The summed E-state index contributed by atoms with van der Waals surface area (Å²) in [5, 5.41) is 12.9. The van der Waals surface area contributed by atoms with E-state index >= 15 is 0 Å². The standard InChI is InChI=1S/C40H25NS/c1-2-9-30(10-3-1)41(32-20-18-27-19-22-36-35-12-6-7-13-38(35)42-40(36)37(27)25-32)31-21-23-34-29(24-31)17-16-28-15-14-26-8-4-5-11-33(26)39(28)34/h1-25H. The van der Waals surface area contributed by atoms with Crippen LogP contribution in [0.5, 0.6) is 0 Å². The Morgan fingerprint density at radius 1 is 0.357 bits per heavy atom. The van der Waals surface area contributed by atoms with Gasteiger partial charge in [0.2, 0.25) is 0 Å². The van der Waals surface area contributed by atoms with Crippen LogP contribution in [-0.4, -0.2) is 0 Å². The molecule has 0 aliphatic heterocycles. The molecule has 0 atom stereocenters. The molecule has 2 heteroatoms. The van der Waals surface area contributed by atoms with Gasteiger partial charge < -0.3 is 4.90 Å². The molecule has 8 aromatic carbocycles. The summed E-state index contributed by atoms with van der Waals surface area (Å²) in [6.07, 6.45) is 0. The summed E-state index contributed by atoms with van der Waals surface area (Å²) in [7, 11) is 0. The van der Waals surface area contributed by atoms with E-state index in [0.717, 1.165) is 17.1 Å². The number of para-hydroxylation sites is 1. The van der Waals surface area contributed by atoms with E-state index in [1.165, 1.54) is 63.3 Å². The first-order valence-corrected chi connectivity index (χ1v) is 15.2. The van der Waals surface area contributed by atoms with Crippen LogP contribution in [0.25, 0.3) is 63.3 Å². The largest absolute Gasteiger partial charge is 0.310 e. The molecule has 196 valence electrons. The number of hydrogen-bond acceptors (Lipinski definition) is 2. The zero-order valence-corrected chi connectivity index (χ0v) is 23.6. The second-order valence-corrected chi connectivity index (χ2v) is 12.0. The molecule has 0 fully saturated rings. The van der Waals surface area contributed by atoms with Crippen LogP contribution in [-0.2, 0) is 0 Å². The van der Waals surface area contributed by atoms with Gasteiger partial charge in [0.15, 0.2) is 0 Å². The topological polar surface area (TPSA) is 3.24 Å². The van der Waals surface area contributed by atoms with E-state index < -0.39 is 0 Å². The predicted molar refractivity (Wildman–Crippen MR) is 184 cm³/mol. The Hall–Kier alpha value is -5.18. The Labute approximate surface area is 247 Å². The summed E-state index contributed by atoms with van der Waals surface area (Å²) in [6, 6.07) is 55.5. The molecular weight excluding hydrogens is 527 g/mol. The van der Waals surface area contributed by atoms with E-state index in [4.69, 9.17) is 0 Å². The highest BCUT2D eigenvalue weighted by atomic mass is 32.1. The van der Waals surface area contributed by atoms with Crippen molar-refractivity contribution >= 4 is 91.7 Å². The third kappa shape index (κ3) is 3.56. The first kappa shape index (κ1) is 23.5. The molecule has 0 saturated carbocycles. The van der Waals surface area contributed by atoms with Gasteiger partial charge in [0, 0.05) is 42.6 Å². The zero-order valence-electron chi connectivity index (χ0n) is 22.8. The maximum atomic E-state index is 2.39. The van der Waals surface area contributed by atoms with Crippen molar-refractivity contribution in [3.05, 3.63) is 152 Å². The lowest BCUT2D eigenvalue weighted by atomic mass is 9.96. The highest BCUT2D eigenvalue weighted by Gasteiger charge is 2.16. The summed E-state index contributed by atoms with van der Waals surface area (Å²) < 4.78 is 2.68. The van der Waals surface area contributed by atoms with Gasteiger partial charge in [-0.3, -0.25) is 0 Å². The van der Waals surface area contributed by atoms with E-state index in [0.29, 0.717) is 0 Å². The van der Waals surface area contributed by atoms with Crippen LogP contribution in [0.2, 0.25) is 0 Å². The first-order valence-electron chi connectivity index (χ1n) is 14.4. The number of fused-ring (bicyclic) bond motifs is 10. The number of thiophene rings is 1. The van der Waals surface area contributed by atoms with Crippen LogP contribution in [0, 0.1) is 0 Å². The minimum atomic E-state index is 1.14. The Bertz CT molecular complexity index is 2470. The monoisotopic (exact) mass is 551 g/mol. The van der Waals surface area contributed by atoms with Crippen molar-refractivity contribution in [2.75, 3.05) is 4.90 Å². The molecule has 0 saturated heterocycles. The van der Waals surface area contributed by atoms with Crippen molar-refractivity contribution in [1.29, 1.82) is 0 Å². The number of nitrogens with zero attached hydrogens (tertiary/aromatic N) is 1. The van der Waals surface area contributed by atoms with Crippen LogP contribution >= 0.6 is 11.3 Å². The highest BCUT2D eigenvalue weighted by molar-refractivity contribution is 7.26. The van der Waals surface area contributed by atoms with Crippen molar-refractivity contribution in [3.8, 4) is 0 Å². The minimum Gasteiger partial charge on any atom is -0.310 e. The Balaban J connectivity index is 1.28. The van der Waals surface area contributed by atoms with Gasteiger partial charge in [0.25, 0.3) is 0 Å². The highest BCUT2D eigenvalue weighted by Crippen LogP contribution is 2.43. The molecule has 1 aromatic heterocycles. The van der Waals surface area contributed by atoms with Crippen molar-refractivity contribution in [1.82, 2.24) is 0 Å². The number of hydrogen-bond donors (Lipinski definition) is 0. The molecule has 0 amide bonds. The van der Waals surface area contributed by atoms with E-state index in [1.807, 2.05) is 11.3 Å². The second kappa shape index (κ2) is 9.17. The molecule has 42 heavy (non-hydrogen) atoms. The molecule has 0 spiro atoms. The Morgan fingerprint density at radius 2 is 0.952 bits per heavy atom. The molecule has 0 unspecified atom stereocenters. The van der Waals surface area contributed by atoms with Gasteiger partial charge in [0.1, 0.15) is 0 Å². The molecular formula is C40H25NS. The molecule has 9 aromatic rings. The van der Waals surface area contributed by atoms with Crippen LogP contribution < -0.4 is 4.90 Å². The molecule has 9 rings (SSSR count). The van der Waals surface area contributed by atoms with Gasteiger partial charge in [-0.25, -0.2) is 0 Å². The molecule has 0 aliphatic rings. The van der Waals surface area contributed by atoms with E-state index in [1.54, 1.807) is 0 Å². The van der Waals surface area contributed by atoms with Gasteiger partial charge in [-0.1, -0.05) is 109 Å². The van der Waals surface area contributed by atoms with E-state index in [2.05, 4.69) is 157 Å². The smallest absolute Gasteiger partial charge is 0.0468 e. The third-order valence-corrected chi connectivity index (χ3v) is 9.80. The van der Waals surface area contributed by atoms with E-state index in [-0.39, 0.29) is 0 Å². The van der Waals surface area contributed by atoms with Crippen LogP contribution in [0.1, 0.15) is 0 Å². The van der Waals surface area contributed by atoms with Crippen molar-refractivity contribution in [2.24, 2.45) is 0 Å². The average molecular weight is 552 g/mol. The summed E-state index contributed by atoms with van der Waals surface area (Å²) in [5.74, 6) is 0. The number of anilines is 3. The fourth-order valence-corrected chi connectivity index (χ4v) is 7.85. The zero-order chi connectivity index (χ0) is 27.6. The molecule has 1 heterocycles. The molecule has 0 N–H and O–H groups in total. The van der Waals surface area contributed by atoms with E-state index in [9.17, 15) is 0 Å². The quantitative estimate of drug-likeness (QED) is 0.197. The molecule has 0 bridgehead atoms. The van der Waals surface area contributed by atoms with Crippen LogP contribution in [0.4, 0.5) is 17.1 Å². The molecule has 1 nitrogen and oxygen atoms in total. The summed E-state index contributed by atoms with van der Waals surface area (Å²) in [6.45, 7) is 0. The molecule has 0 radical (unpaired) electrons. The van der Waals surface area contributed by atoms with Gasteiger partial charge >= 0.3 is 0 Å². The SMILES string of the molecule is c1ccc(N(c2ccc3c(ccc4ccc5ccccc5c43)c2)c2ccc3ccc4c5ccccc5sc4c3c2)cc1. The summed E-state index contributed by atoms with van der Waals surface area (Å²) >= 11 is 1.89. The predicted octanol–water partition coefficient (Wildman–Crippen LogP) is 12.1. The van der Waals surface area contributed by atoms with Crippen LogP contribution in [0.3, 0.4) is 0 Å². The summed E-state index contributed by atoms with van der Waals surface area (Å²) in [5.41, 5.74) is 3.45. The van der Waals surface area contributed by atoms with Crippen LogP contribution in [0.15, 0.2) is 152 Å². The van der Waals surface area contributed by atoms with Gasteiger partial charge in [-0.05, 0) is 80.2 Å². The lowest BCUT2D eigenvalue weighted by molar-refractivity contribution is 1.30. The normalized spacial score (nSPS) is 11.8. The van der Waals surface area contributed by atoms with Gasteiger partial charge in [0.05, 0.1) is 0 Å². The lowest BCUT2D eigenvalue weighted by Crippen LogP contribution is -2.09. The van der Waals surface area contributed by atoms with Gasteiger partial charge in [-0.15, -0.1) is 11.3 Å². The van der Waals surface area contributed by atoms with Gasteiger partial charge in [-0.2, -0.15) is 0 Å². The lowest BCUT2D eigenvalue weighted by Gasteiger charge is -2.26. The maximum absolute atomic E-state index is 2.39. The second-order valence-electron chi connectivity index (χ2n) is 11.0. The maximum Gasteiger partial charge on any atom is 0.0468 e. The van der Waals surface area contributed by atoms with Crippen molar-refractivity contribution < 1.29 is 0 Å². The Morgan fingerprint density at radius 3 is 1.86 bits per heavy atom. The van der Waals surface area contributed by atoms with Crippen molar-refractivity contribution in [2.45, 2.75) is 0 Å². The fraction of sp³-hybridized carbons (Fsp3) is 0. The number of rotatable bonds is 3. The minimum absolute atomic E-state index is 1.14.